The fourth-order valence-corrected chi connectivity index (χ4v) is 2.71. The van der Waals surface area contributed by atoms with E-state index in [1.807, 2.05) is 24.3 Å². The van der Waals surface area contributed by atoms with Gasteiger partial charge in [0.25, 0.3) is 0 Å². The molecule has 1 amide bonds. The van der Waals surface area contributed by atoms with E-state index >= 15 is 0 Å². The Kier molecular flexibility index (Phi) is 4.60. The topological polar surface area (TPSA) is 70.7 Å². The molecule has 7 heteroatoms. The average molecular weight is 333 g/mol. The first-order valence-electron chi connectivity index (χ1n) is 6.65. The summed E-state index contributed by atoms with van der Waals surface area (Å²) in [5.74, 6) is 0.251. The summed E-state index contributed by atoms with van der Waals surface area (Å²) < 4.78 is 0. The zero-order chi connectivity index (χ0) is 15.4. The van der Waals surface area contributed by atoms with E-state index in [1.165, 1.54) is 11.8 Å². The van der Waals surface area contributed by atoms with Crippen molar-refractivity contribution in [1.82, 2.24) is 20.3 Å². The number of nitrogens with zero attached hydrogens (tertiary/aromatic N) is 2. The number of fused-ring (bicyclic) bond motifs is 1. The van der Waals surface area contributed by atoms with Crippen molar-refractivity contribution in [3.05, 3.63) is 53.2 Å². The lowest BCUT2D eigenvalue weighted by molar-refractivity contribution is -0.118. The van der Waals surface area contributed by atoms with Crippen LogP contribution in [0.15, 0.2) is 47.8 Å². The number of aromatic amines is 1. The van der Waals surface area contributed by atoms with Crippen LogP contribution >= 0.6 is 23.4 Å². The van der Waals surface area contributed by atoms with E-state index in [1.54, 1.807) is 18.3 Å². The lowest BCUT2D eigenvalue weighted by atomic mass is 10.2. The van der Waals surface area contributed by atoms with Crippen LogP contribution in [0.4, 0.5) is 0 Å². The number of amides is 1. The molecular weight excluding hydrogens is 320 g/mol. The number of carbonyl (C=O) groups excluding carboxylic acids is 1. The third-order valence-corrected chi connectivity index (χ3v) is 4.10. The number of hydrogen-bond donors (Lipinski definition) is 2. The smallest absolute Gasteiger partial charge is 0.230 e. The second-order valence-electron chi connectivity index (χ2n) is 4.61. The van der Waals surface area contributed by atoms with Crippen molar-refractivity contribution in [2.24, 2.45) is 0 Å². The molecule has 0 saturated carbocycles. The van der Waals surface area contributed by atoms with Crippen LogP contribution in [0.1, 0.15) is 5.56 Å². The molecule has 0 saturated heterocycles. The summed E-state index contributed by atoms with van der Waals surface area (Å²) in [6, 6.07) is 11.1. The van der Waals surface area contributed by atoms with Crippen molar-refractivity contribution >= 4 is 40.4 Å². The van der Waals surface area contributed by atoms with E-state index in [0.29, 0.717) is 28.1 Å². The van der Waals surface area contributed by atoms with Crippen molar-refractivity contribution in [2.45, 2.75) is 11.7 Å². The average Bonchev–Trinajstić information content (AvgIpc) is 2.95. The molecule has 3 aromatic rings. The van der Waals surface area contributed by atoms with E-state index in [-0.39, 0.29) is 5.91 Å². The van der Waals surface area contributed by atoms with Crippen molar-refractivity contribution in [3.63, 3.8) is 0 Å². The number of nitrogens with one attached hydrogen (secondary N) is 2. The van der Waals surface area contributed by atoms with Crippen LogP contribution in [0.5, 0.6) is 0 Å². The Morgan fingerprint density at radius 3 is 2.86 bits per heavy atom. The van der Waals surface area contributed by atoms with Crippen LogP contribution in [-0.4, -0.2) is 26.6 Å². The van der Waals surface area contributed by atoms with E-state index in [2.05, 4.69) is 20.3 Å². The molecule has 2 N–H and O–H groups in total. The number of aromatic nitrogens is 3. The zero-order valence-corrected chi connectivity index (χ0v) is 13.1. The molecule has 0 aliphatic heterocycles. The first-order valence-corrected chi connectivity index (χ1v) is 8.02. The van der Waals surface area contributed by atoms with Crippen molar-refractivity contribution in [2.75, 3.05) is 5.75 Å². The molecule has 2 heterocycles. The first-order chi connectivity index (χ1) is 10.7. The fraction of sp³-hybridized carbons (Fsp3) is 0.133. The number of thioether (sulfide) groups is 1. The van der Waals surface area contributed by atoms with Gasteiger partial charge in [0.15, 0.2) is 10.8 Å². The minimum Gasteiger partial charge on any atom is -0.351 e. The quantitative estimate of drug-likeness (QED) is 0.705. The standard InChI is InChI=1S/C15H13ClN4OS/c16-11-5-3-10(4-6-11)8-18-13(21)9-22-15-19-12-2-1-7-17-14(12)20-15/h1-7H,8-9H2,(H,18,21)(H,17,19,20). The molecule has 0 fully saturated rings. The highest BCUT2D eigenvalue weighted by molar-refractivity contribution is 7.99. The van der Waals surface area contributed by atoms with Gasteiger partial charge in [-0.3, -0.25) is 4.79 Å². The molecule has 0 spiro atoms. The van der Waals surface area contributed by atoms with Gasteiger partial charge in [0.05, 0.1) is 11.3 Å². The normalized spacial score (nSPS) is 10.8. The van der Waals surface area contributed by atoms with Gasteiger partial charge in [-0.05, 0) is 29.8 Å². The maximum absolute atomic E-state index is 11.9. The molecule has 2 aromatic heterocycles. The molecule has 1 aromatic carbocycles. The summed E-state index contributed by atoms with van der Waals surface area (Å²) in [5, 5.41) is 4.24. The minimum atomic E-state index is -0.0478. The van der Waals surface area contributed by atoms with Gasteiger partial charge in [0.2, 0.25) is 5.91 Å². The molecule has 3 rings (SSSR count). The van der Waals surface area contributed by atoms with Crippen LogP contribution < -0.4 is 5.32 Å². The Bertz CT molecular complexity index is 755. The van der Waals surface area contributed by atoms with Gasteiger partial charge >= 0.3 is 0 Å². The Labute approximate surface area is 136 Å². The van der Waals surface area contributed by atoms with Gasteiger partial charge in [-0.2, -0.15) is 0 Å². The van der Waals surface area contributed by atoms with Gasteiger partial charge < -0.3 is 10.3 Å². The van der Waals surface area contributed by atoms with Gasteiger partial charge in [-0.1, -0.05) is 35.5 Å². The Balaban J connectivity index is 1.50. The number of carbonyl (C=O) groups is 1. The zero-order valence-electron chi connectivity index (χ0n) is 11.5. The molecule has 0 aliphatic rings. The van der Waals surface area contributed by atoms with Crippen molar-refractivity contribution in [3.8, 4) is 0 Å². The van der Waals surface area contributed by atoms with Gasteiger partial charge in [-0.25, -0.2) is 9.97 Å². The fourth-order valence-electron chi connectivity index (χ4n) is 1.88. The van der Waals surface area contributed by atoms with Crippen LogP contribution in [-0.2, 0) is 11.3 Å². The van der Waals surface area contributed by atoms with Gasteiger partial charge in [0.1, 0.15) is 0 Å². The second-order valence-corrected chi connectivity index (χ2v) is 6.01. The SMILES string of the molecule is O=C(CSc1nc2ncccc2[nH]1)NCc1ccc(Cl)cc1. The predicted octanol–water partition coefficient (Wildman–Crippen LogP) is 3.02. The van der Waals surface area contributed by atoms with E-state index < -0.39 is 0 Å². The third-order valence-electron chi connectivity index (χ3n) is 2.98. The minimum absolute atomic E-state index is 0.0478. The molecule has 5 nitrogen and oxygen atoms in total. The highest BCUT2D eigenvalue weighted by Crippen LogP contribution is 2.17. The third kappa shape index (κ3) is 3.78. The summed E-state index contributed by atoms with van der Waals surface area (Å²) in [4.78, 5) is 23.4. The Morgan fingerprint density at radius 1 is 1.27 bits per heavy atom. The molecule has 0 aliphatic carbocycles. The number of halogens is 1. The highest BCUT2D eigenvalue weighted by atomic mass is 35.5. The number of benzene rings is 1. The summed E-state index contributed by atoms with van der Waals surface area (Å²) >= 11 is 7.17. The van der Waals surface area contributed by atoms with Crippen LogP contribution in [0.2, 0.25) is 5.02 Å². The summed E-state index contributed by atoms with van der Waals surface area (Å²) in [5.41, 5.74) is 2.54. The largest absolute Gasteiger partial charge is 0.351 e. The lowest BCUT2D eigenvalue weighted by Crippen LogP contribution is -2.24. The highest BCUT2D eigenvalue weighted by Gasteiger charge is 2.07. The van der Waals surface area contributed by atoms with Crippen molar-refractivity contribution in [1.29, 1.82) is 0 Å². The lowest BCUT2D eigenvalue weighted by Gasteiger charge is -2.04. The van der Waals surface area contributed by atoms with Crippen molar-refractivity contribution < 1.29 is 4.79 Å². The number of rotatable bonds is 5. The number of imidazole rings is 1. The maximum atomic E-state index is 11.9. The maximum Gasteiger partial charge on any atom is 0.230 e. The first kappa shape index (κ1) is 14.9. The molecule has 0 bridgehead atoms. The van der Waals surface area contributed by atoms with Crippen LogP contribution in [0.25, 0.3) is 11.2 Å². The van der Waals surface area contributed by atoms with E-state index in [9.17, 15) is 4.79 Å². The number of hydrogen-bond acceptors (Lipinski definition) is 4. The number of H-pyrrole nitrogens is 1. The van der Waals surface area contributed by atoms with E-state index in [4.69, 9.17) is 11.6 Å². The molecule has 0 atom stereocenters. The molecular formula is C15H13ClN4OS. The van der Waals surface area contributed by atoms with Crippen LogP contribution in [0, 0.1) is 0 Å². The molecule has 112 valence electrons. The van der Waals surface area contributed by atoms with Crippen LogP contribution in [0.3, 0.4) is 0 Å². The summed E-state index contributed by atoms with van der Waals surface area (Å²) in [6.07, 6.45) is 1.69. The summed E-state index contributed by atoms with van der Waals surface area (Å²) in [6.45, 7) is 0.484. The molecule has 22 heavy (non-hydrogen) atoms. The number of pyridine rings is 1. The van der Waals surface area contributed by atoms with Gasteiger partial charge in [-0.15, -0.1) is 0 Å². The van der Waals surface area contributed by atoms with E-state index in [0.717, 1.165) is 11.1 Å². The van der Waals surface area contributed by atoms with Gasteiger partial charge in [0, 0.05) is 17.8 Å². The Hall–Kier alpha value is -2.05. The predicted molar refractivity (Wildman–Crippen MR) is 87.9 cm³/mol. The monoisotopic (exact) mass is 332 g/mol. The molecule has 0 unspecified atom stereocenters. The Morgan fingerprint density at radius 2 is 2.09 bits per heavy atom. The molecule has 0 radical (unpaired) electrons. The second kappa shape index (κ2) is 6.81. The summed E-state index contributed by atoms with van der Waals surface area (Å²) in [7, 11) is 0.